The van der Waals surface area contributed by atoms with E-state index in [1.54, 1.807) is 24.3 Å². The molecule has 2 heterocycles. The van der Waals surface area contributed by atoms with E-state index < -0.39 is 6.10 Å². The molecule has 3 rings (SSSR count). The molecule has 0 saturated heterocycles. The minimum atomic E-state index is -0.692. The van der Waals surface area contributed by atoms with Crippen molar-refractivity contribution in [2.24, 2.45) is 5.10 Å². The van der Waals surface area contributed by atoms with Gasteiger partial charge in [0.25, 0.3) is 5.24 Å². The Morgan fingerprint density at radius 1 is 1.48 bits per heavy atom. The topological polar surface area (TPSA) is 85.2 Å². The Morgan fingerprint density at radius 2 is 2.35 bits per heavy atom. The smallest absolute Gasteiger partial charge is 0.299 e. The minimum Gasteiger partial charge on any atom is -0.508 e. The molecule has 0 radical (unpaired) electrons. The van der Waals surface area contributed by atoms with Gasteiger partial charge in [0.2, 0.25) is 0 Å². The van der Waals surface area contributed by atoms with Crippen molar-refractivity contribution in [2.75, 3.05) is 18.8 Å². The Balaban J connectivity index is 1.72. The van der Waals surface area contributed by atoms with Crippen LogP contribution in [-0.2, 0) is 0 Å². The number of benzene rings is 1. The fourth-order valence-electron chi connectivity index (χ4n) is 2.79. The average molecular weight is 333 g/mol. The van der Waals surface area contributed by atoms with E-state index in [2.05, 4.69) is 27.6 Å². The Hall–Kier alpha value is -1.83. The molecular weight excluding hydrogens is 314 g/mol. The van der Waals surface area contributed by atoms with Gasteiger partial charge in [-0.15, -0.1) is 0 Å². The van der Waals surface area contributed by atoms with Crippen LogP contribution in [0, 0.1) is 0 Å². The lowest BCUT2D eigenvalue weighted by Gasteiger charge is -2.35. The molecule has 0 aliphatic carbocycles. The number of nitrogens with zero attached hydrogens (tertiary/aromatic N) is 2. The van der Waals surface area contributed by atoms with Gasteiger partial charge in [0.05, 0.1) is 17.9 Å². The molecule has 0 spiro atoms. The highest BCUT2D eigenvalue weighted by atomic mass is 32.2. The first kappa shape index (κ1) is 16.0. The summed E-state index contributed by atoms with van der Waals surface area (Å²) in [5.74, 6) is 0.701. The van der Waals surface area contributed by atoms with Crippen LogP contribution in [0.3, 0.4) is 0 Å². The Bertz CT molecular complexity index is 647. The van der Waals surface area contributed by atoms with Crippen molar-refractivity contribution >= 4 is 22.7 Å². The molecule has 6 nitrogen and oxygen atoms in total. The molecule has 2 aliphatic rings. The summed E-state index contributed by atoms with van der Waals surface area (Å²) in [7, 11) is 0. The fourth-order valence-corrected chi connectivity index (χ4v) is 3.41. The zero-order valence-electron chi connectivity index (χ0n) is 12.6. The van der Waals surface area contributed by atoms with Gasteiger partial charge in [-0.25, -0.2) is 5.43 Å². The van der Waals surface area contributed by atoms with E-state index >= 15 is 0 Å². The first-order valence-corrected chi connectivity index (χ1v) is 8.49. The number of hydrogen-bond donors (Lipinski definition) is 3. The van der Waals surface area contributed by atoms with E-state index in [0.717, 1.165) is 18.7 Å². The predicted octanol–water partition coefficient (Wildman–Crippen LogP) is 1.87. The molecule has 0 fully saturated rings. The number of aromatic hydroxyl groups is 1. The van der Waals surface area contributed by atoms with Crippen molar-refractivity contribution in [2.45, 2.75) is 18.6 Å². The summed E-state index contributed by atoms with van der Waals surface area (Å²) in [4.78, 5) is 13.4. The van der Waals surface area contributed by atoms with Gasteiger partial charge < -0.3 is 10.2 Å². The number of amides is 1. The number of rotatable bonds is 4. The summed E-state index contributed by atoms with van der Waals surface area (Å²) in [6, 6.07) is 6.66. The van der Waals surface area contributed by atoms with Gasteiger partial charge in [0, 0.05) is 18.8 Å². The van der Waals surface area contributed by atoms with E-state index in [-0.39, 0.29) is 17.0 Å². The second-order valence-electron chi connectivity index (χ2n) is 5.56. The van der Waals surface area contributed by atoms with Gasteiger partial charge in [-0.05, 0) is 24.1 Å². The highest BCUT2D eigenvalue weighted by Crippen LogP contribution is 2.23. The molecule has 1 aromatic carbocycles. The normalized spacial score (nSPS) is 23.3. The molecule has 0 saturated carbocycles. The largest absolute Gasteiger partial charge is 0.508 e. The number of hydrazone groups is 1. The first-order valence-electron chi connectivity index (χ1n) is 7.50. The number of hydrogen-bond acceptors (Lipinski definition) is 6. The quantitative estimate of drug-likeness (QED) is 0.733. The van der Waals surface area contributed by atoms with Gasteiger partial charge in [-0.3, -0.25) is 9.69 Å². The third-order valence-corrected chi connectivity index (χ3v) is 4.73. The number of phenols is 1. The van der Waals surface area contributed by atoms with Crippen LogP contribution in [0.1, 0.15) is 18.1 Å². The summed E-state index contributed by atoms with van der Waals surface area (Å²) >= 11 is 1.20. The van der Waals surface area contributed by atoms with Gasteiger partial charge in [0.1, 0.15) is 5.75 Å². The summed E-state index contributed by atoms with van der Waals surface area (Å²) < 4.78 is 0. The number of phenolic OH excluding ortho intramolecular Hbond substituents is 1. The third-order valence-electron chi connectivity index (χ3n) is 3.94. The summed E-state index contributed by atoms with van der Waals surface area (Å²) in [5.41, 5.74) is 4.07. The maximum absolute atomic E-state index is 11.2. The monoisotopic (exact) mass is 333 g/mol. The molecule has 122 valence electrons. The molecule has 1 amide bonds. The summed E-state index contributed by atoms with van der Waals surface area (Å²) in [6.45, 7) is 1.25. The zero-order chi connectivity index (χ0) is 16.2. The van der Waals surface area contributed by atoms with E-state index in [9.17, 15) is 15.0 Å². The van der Waals surface area contributed by atoms with Crippen LogP contribution in [0.2, 0.25) is 0 Å². The maximum Gasteiger partial charge on any atom is 0.299 e. The maximum atomic E-state index is 11.2. The fraction of sp³-hybridized carbons (Fsp3) is 0.375. The van der Waals surface area contributed by atoms with Gasteiger partial charge in [0.15, 0.2) is 0 Å². The summed E-state index contributed by atoms with van der Waals surface area (Å²) in [6.07, 6.45) is 4.39. The molecule has 3 N–H and O–H groups in total. The highest BCUT2D eigenvalue weighted by Gasteiger charge is 2.28. The third kappa shape index (κ3) is 3.93. The second kappa shape index (κ2) is 7.16. The molecule has 1 aromatic rings. The molecular formula is C16H19N3O3S. The molecule has 7 heteroatoms. The molecule has 0 aromatic heterocycles. The van der Waals surface area contributed by atoms with E-state index in [1.165, 1.54) is 11.8 Å². The van der Waals surface area contributed by atoms with E-state index in [0.29, 0.717) is 17.9 Å². The van der Waals surface area contributed by atoms with Gasteiger partial charge in [-0.2, -0.15) is 5.10 Å². The van der Waals surface area contributed by atoms with Crippen molar-refractivity contribution < 1.29 is 15.0 Å². The van der Waals surface area contributed by atoms with Crippen molar-refractivity contribution in [3.8, 4) is 5.75 Å². The molecule has 23 heavy (non-hydrogen) atoms. The van der Waals surface area contributed by atoms with Crippen LogP contribution >= 0.6 is 11.8 Å². The lowest BCUT2D eigenvalue weighted by atomic mass is 10.0. The number of carbonyl (C=O) groups is 1. The van der Waals surface area contributed by atoms with Crippen LogP contribution in [0.4, 0.5) is 4.79 Å². The SMILES string of the molecule is O=C1NN=C(C2C=CCCN2CC(O)c2cccc(O)c2)CS1. The highest BCUT2D eigenvalue weighted by molar-refractivity contribution is 8.14. The zero-order valence-corrected chi connectivity index (χ0v) is 13.4. The molecule has 2 unspecified atom stereocenters. The number of thioether (sulfide) groups is 1. The molecule has 0 bridgehead atoms. The summed E-state index contributed by atoms with van der Waals surface area (Å²) in [5, 5.41) is 24.0. The van der Waals surface area contributed by atoms with Crippen LogP contribution in [0.15, 0.2) is 41.5 Å². The van der Waals surface area contributed by atoms with Crippen molar-refractivity contribution in [3.05, 3.63) is 42.0 Å². The van der Waals surface area contributed by atoms with Crippen LogP contribution in [0.25, 0.3) is 0 Å². The standard InChI is InChI=1S/C16H19N3O3S/c20-12-5-3-4-11(8-12)15(21)9-19-7-2-1-6-14(19)13-10-23-16(22)18-17-13/h1,3-6,8,14-15,20-21H,2,7,9-10H2,(H,18,22). The van der Waals surface area contributed by atoms with Crippen molar-refractivity contribution in [3.63, 3.8) is 0 Å². The molecule has 2 atom stereocenters. The number of aliphatic hydroxyl groups is 1. The number of carbonyl (C=O) groups excluding carboxylic acids is 1. The molecule has 2 aliphatic heterocycles. The lowest BCUT2D eigenvalue weighted by Crippen LogP contribution is -2.46. The van der Waals surface area contributed by atoms with Gasteiger partial charge in [-0.1, -0.05) is 36.0 Å². The van der Waals surface area contributed by atoms with Crippen LogP contribution in [0.5, 0.6) is 5.75 Å². The van der Waals surface area contributed by atoms with E-state index in [1.807, 2.05) is 0 Å². The van der Waals surface area contributed by atoms with Gasteiger partial charge >= 0.3 is 0 Å². The van der Waals surface area contributed by atoms with Crippen molar-refractivity contribution in [1.82, 2.24) is 10.3 Å². The van der Waals surface area contributed by atoms with Crippen molar-refractivity contribution in [1.29, 1.82) is 0 Å². The number of aliphatic hydroxyl groups excluding tert-OH is 1. The lowest BCUT2D eigenvalue weighted by molar-refractivity contribution is 0.109. The Labute approximate surface area is 138 Å². The average Bonchev–Trinajstić information content (AvgIpc) is 2.56. The predicted molar refractivity (Wildman–Crippen MR) is 90.6 cm³/mol. The van der Waals surface area contributed by atoms with E-state index in [4.69, 9.17) is 0 Å². The second-order valence-corrected chi connectivity index (χ2v) is 6.51. The first-order chi connectivity index (χ1) is 11.1. The Kier molecular flexibility index (Phi) is 5.00. The van der Waals surface area contributed by atoms with Crippen LogP contribution in [-0.4, -0.2) is 50.9 Å². The minimum absolute atomic E-state index is 0.0243. The number of nitrogens with one attached hydrogen (secondary N) is 1. The van der Waals surface area contributed by atoms with Crippen LogP contribution < -0.4 is 5.43 Å². The Morgan fingerprint density at radius 3 is 3.09 bits per heavy atom. The number of β-amino-alcohol motifs (C(OH)–C–C–N with tert-alkyl or cyclic N) is 1.